The van der Waals surface area contributed by atoms with Crippen molar-refractivity contribution in [2.75, 3.05) is 13.1 Å². The molecule has 0 amide bonds. The Morgan fingerprint density at radius 3 is 2.10 bits per heavy atom. The summed E-state index contributed by atoms with van der Waals surface area (Å²) >= 11 is 0. The molecule has 5 nitrogen and oxygen atoms in total. The van der Waals surface area contributed by atoms with Crippen LogP contribution in [0.1, 0.15) is 13.8 Å². The molecule has 0 bridgehead atoms. The van der Waals surface area contributed by atoms with E-state index in [1.54, 1.807) is 6.07 Å². The van der Waals surface area contributed by atoms with Crippen molar-refractivity contribution in [2.24, 2.45) is 0 Å². The number of hydrogen-bond donors (Lipinski definition) is 2. The molecule has 0 radical (unpaired) electrons. The molecule has 116 valence electrons. The zero-order valence-electron chi connectivity index (χ0n) is 12.2. The van der Waals surface area contributed by atoms with Crippen molar-refractivity contribution < 1.29 is 18.3 Å². The average Bonchev–Trinajstić information content (AvgIpc) is 2.46. The fraction of sp³-hybridized carbons (Fsp3) is 0.267. The molecule has 0 atom stereocenters. The van der Waals surface area contributed by atoms with Crippen LogP contribution in [0.15, 0.2) is 58.9 Å². The predicted molar refractivity (Wildman–Crippen MR) is 83.8 cm³/mol. The number of carbonyl (C=O) groups is 1. The minimum Gasteiger partial charge on any atom is -0.477 e. The lowest BCUT2D eigenvalue weighted by atomic mass is 10.4. The van der Waals surface area contributed by atoms with Gasteiger partial charge in [0.25, 0.3) is 0 Å². The third-order valence-corrected chi connectivity index (χ3v) is 4.11. The first-order valence-corrected chi connectivity index (χ1v) is 7.96. The molecule has 0 aliphatic rings. The topological polar surface area (TPSA) is 83.5 Å². The van der Waals surface area contributed by atoms with Gasteiger partial charge in [-0.25, -0.2) is 13.2 Å². The summed E-state index contributed by atoms with van der Waals surface area (Å²) in [5.41, 5.74) is 0. The lowest BCUT2D eigenvalue weighted by Gasteiger charge is -2.03. The standard InChI is InChI=1S/C11H10O4S.C4H11N/c1-2-6-10(11(12)13)16(14,15)9-7-4-3-5-8-9;1-3-5-4-2/h2-8H,1H2,(H,12,13);5H,3-4H2,1-2H3. The van der Waals surface area contributed by atoms with Gasteiger partial charge in [-0.1, -0.05) is 44.7 Å². The number of sulfone groups is 1. The van der Waals surface area contributed by atoms with E-state index in [-0.39, 0.29) is 4.90 Å². The van der Waals surface area contributed by atoms with Crippen molar-refractivity contribution in [2.45, 2.75) is 18.7 Å². The second kappa shape index (κ2) is 9.90. The molecule has 1 rings (SSSR count). The van der Waals surface area contributed by atoms with Gasteiger partial charge in [0.2, 0.25) is 9.84 Å². The summed E-state index contributed by atoms with van der Waals surface area (Å²) in [5.74, 6) is -1.50. The fourth-order valence-corrected chi connectivity index (χ4v) is 2.63. The minimum atomic E-state index is -3.97. The number of carboxylic acid groups (broad SMARTS) is 1. The number of hydrogen-bond acceptors (Lipinski definition) is 4. The Balaban J connectivity index is 0.000000690. The van der Waals surface area contributed by atoms with Crippen LogP contribution in [-0.4, -0.2) is 32.6 Å². The van der Waals surface area contributed by atoms with E-state index in [1.807, 2.05) is 0 Å². The molecule has 21 heavy (non-hydrogen) atoms. The maximum Gasteiger partial charge on any atom is 0.347 e. The molecular formula is C15H21NO4S. The predicted octanol–water partition coefficient (Wildman–Crippen LogP) is 2.23. The molecular weight excluding hydrogens is 290 g/mol. The maximum absolute atomic E-state index is 11.9. The van der Waals surface area contributed by atoms with Gasteiger partial charge < -0.3 is 10.4 Å². The van der Waals surface area contributed by atoms with Crippen LogP contribution in [0.4, 0.5) is 0 Å². The highest BCUT2D eigenvalue weighted by Gasteiger charge is 2.25. The zero-order chi connectivity index (χ0) is 16.3. The van der Waals surface area contributed by atoms with Gasteiger partial charge in [0.1, 0.15) is 0 Å². The van der Waals surface area contributed by atoms with Gasteiger partial charge in [0, 0.05) is 0 Å². The summed E-state index contributed by atoms with van der Waals surface area (Å²) in [6, 6.07) is 7.39. The molecule has 0 aliphatic heterocycles. The largest absolute Gasteiger partial charge is 0.477 e. The van der Waals surface area contributed by atoms with Gasteiger partial charge in [-0.05, 0) is 31.3 Å². The summed E-state index contributed by atoms with van der Waals surface area (Å²) in [5, 5.41) is 11.9. The molecule has 0 aliphatic carbocycles. The van der Waals surface area contributed by atoms with Gasteiger partial charge in [0.15, 0.2) is 4.91 Å². The van der Waals surface area contributed by atoms with E-state index in [4.69, 9.17) is 5.11 Å². The average molecular weight is 311 g/mol. The van der Waals surface area contributed by atoms with E-state index < -0.39 is 20.7 Å². The van der Waals surface area contributed by atoms with Crippen LogP contribution in [0.3, 0.4) is 0 Å². The minimum absolute atomic E-state index is 0.0505. The van der Waals surface area contributed by atoms with Crippen molar-refractivity contribution in [3.8, 4) is 0 Å². The second-order valence-corrected chi connectivity index (χ2v) is 5.76. The van der Waals surface area contributed by atoms with Crippen molar-refractivity contribution in [3.05, 3.63) is 54.0 Å². The zero-order valence-corrected chi connectivity index (χ0v) is 13.1. The Morgan fingerprint density at radius 2 is 1.76 bits per heavy atom. The number of allylic oxidation sites excluding steroid dienone is 2. The lowest BCUT2D eigenvalue weighted by molar-refractivity contribution is -0.131. The first-order chi connectivity index (χ1) is 9.91. The normalized spacial score (nSPS) is 11.2. The molecule has 0 saturated heterocycles. The van der Waals surface area contributed by atoms with Gasteiger partial charge in [-0.3, -0.25) is 0 Å². The number of carboxylic acids is 1. The summed E-state index contributed by atoms with van der Waals surface area (Å²) < 4.78 is 23.7. The van der Waals surface area contributed by atoms with E-state index in [9.17, 15) is 13.2 Å². The summed E-state index contributed by atoms with van der Waals surface area (Å²) in [4.78, 5) is 10.1. The van der Waals surface area contributed by atoms with Crippen LogP contribution in [0, 0.1) is 0 Å². The highest BCUT2D eigenvalue weighted by atomic mass is 32.2. The van der Waals surface area contributed by atoms with Crippen molar-refractivity contribution in [1.82, 2.24) is 5.32 Å². The molecule has 6 heteroatoms. The number of rotatable bonds is 6. The molecule has 0 spiro atoms. The third kappa shape index (κ3) is 6.37. The van der Waals surface area contributed by atoms with Crippen LogP contribution in [0.2, 0.25) is 0 Å². The summed E-state index contributed by atoms with van der Waals surface area (Å²) in [6.07, 6.45) is 2.09. The fourth-order valence-electron chi connectivity index (χ4n) is 1.36. The van der Waals surface area contributed by atoms with Crippen LogP contribution >= 0.6 is 0 Å². The van der Waals surface area contributed by atoms with E-state index in [2.05, 4.69) is 25.7 Å². The Hall–Kier alpha value is -1.92. The highest BCUT2D eigenvalue weighted by Crippen LogP contribution is 2.18. The van der Waals surface area contributed by atoms with Crippen LogP contribution in [0.5, 0.6) is 0 Å². The lowest BCUT2D eigenvalue weighted by Crippen LogP contribution is -2.13. The Labute approximate surface area is 125 Å². The van der Waals surface area contributed by atoms with E-state index in [1.165, 1.54) is 24.3 Å². The van der Waals surface area contributed by atoms with E-state index in [0.29, 0.717) is 0 Å². The van der Waals surface area contributed by atoms with Crippen molar-refractivity contribution >= 4 is 15.8 Å². The van der Waals surface area contributed by atoms with Crippen molar-refractivity contribution in [1.29, 1.82) is 0 Å². The highest BCUT2D eigenvalue weighted by molar-refractivity contribution is 7.96. The Morgan fingerprint density at radius 1 is 1.24 bits per heavy atom. The molecule has 0 fully saturated rings. The van der Waals surface area contributed by atoms with Crippen molar-refractivity contribution in [3.63, 3.8) is 0 Å². The van der Waals surface area contributed by atoms with Crippen LogP contribution in [0.25, 0.3) is 0 Å². The van der Waals surface area contributed by atoms with Crippen LogP contribution < -0.4 is 5.32 Å². The monoisotopic (exact) mass is 311 g/mol. The van der Waals surface area contributed by atoms with E-state index in [0.717, 1.165) is 25.2 Å². The molecule has 2 N–H and O–H groups in total. The molecule has 0 saturated carbocycles. The maximum atomic E-state index is 11.9. The third-order valence-electron chi connectivity index (χ3n) is 2.32. The van der Waals surface area contributed by atoms with Gasteiger partial charge in [-0.15, -0.1) is 0 Å². The van der Waals surface area contributed by atoms with Gasteiger partial charge in [-0.2, -0.15) is 0 Å². The Bertz CT molecular complexity index is 575. The SMILES string of the molecule is C=CC=C(C(=O)O)S(=O)(=O)c1ccccc1.CCNCC. The number of aliphatic carboxylic acids is 1. The smallest absolute Gasteiger partial charge is 0.347 e. The van der Waals surface area contributed by atoms with Gasteiger partial charge >= 0.3 is 5.97 Å². The number of benzene rings is 1. The Kier molecular flexibility index (Phi) is 9.00. The quantitative estimate of drug-likeness (QED) is 0.622. The van der Waals surface area contributed by atoms with Gasteiger partial charge in [0.05, 0.1) is 4.90 Å². The van der Waals surface area contributed by atoms with E-state index >= 15 is 0 Å². The molecule has 1 aromatic rings. The van der Waals surface area contributed by atoms with Crippen LogP contribution in [-0.2, 0) is 14.6 Å². The molecule has 1 aromatic carbocycles. The molecule has 0 heterocycles. The first kappa shape index (κ1) is 19.1. The number of nitrogens with one attached hydrogen (secondary N) is 1. The second-order valence-electron chi connectivity index (χ2n) is 3.85. The molecule has 0 aromatic heterocycles. The molecule has 0 unspecified atom stereocenters. The first-order valence-electron chi connectivity index (χ1n) is 6.48. The summed E-state index contributed by atoms with van der Waals surface area (Å²) in [7, 11) is -3.97. The summed E-state index contributed by atoms with van der Waals surface area (Å²) in [6.45, 7) is 9.67.